The third-order valence-corrected chi connectivity index (χ3v) is 6.22. The Balaban J connectivity index is 2.03. The molecule has 1 aromatic heterocycles. The summed E-state index contributed by atoms with van der Waals surface area (Å²) in [5.74, 6) is 0.0551. The number of hydrogen-bond donors (Lipinski definition) is 0. The van der Waals surface area contributed by atoms with Crippen molar-refractivity contribution in [2.24, 2.45) is 0 Å². The highest BCUT2D eigenvalue weighted by atomic mass is 32.2. The molecular weight excluding hydrogens is 350 g/mol. The minimum Gasteiger partial charge on any atom is -0.490 e. The highest BCUT2D eigenvalue weighted by Crippen LogP contribution is 2.27. The first-order valence-corrected chi connectivity index (χ1v) is 9.69. The van der Waals surface area contributed by atoms with Crippen LogP contribution in [0.25, 0.3) is 0 Å². The van der Waals surface area contributed by atoms with Gasteiger partial charge in [-0.25, -0.2) is 8.42 Å². The van der Waals surface area contributed by atoms with Crippen molar-refractivity contribution >= 4 is 27.3 Å². The molecule has 130 valence electrons. The summed E-state index contributed by atoms with van der Waals surface area (Å²) >= 11 is 1.10. The molecule has 0 N–H and O–H groups in total. The number of carbonyl (C=O) groups excluding carboxylic acids is 1. The van der Waals surface area contributed by atoms with E-state index in [-0.39, 0.29) is 16.5 Å². The van der Waals surface area contributed by atoms with Gasteiger partial charge in [0.2, 0.25) is 0 Å². The molecule has 0 saturated heterocycles. The second kappa shape index (κ2) is 8.27. The van der Waals surface area contributed by atoms with Crippen molar-refractivity contribution in [1.82, 2.24) is 4.31 Å². The maximum Gasteiger partial charge on any atom is 0.326 e. The number of sulfonamides is 1. The number of benzene rings is 1. The topological polar surface area (TPSA) is 72.9 Å². The van der Waals surface area contributed by atoms with E-state index in [9.17, 15) is 13.2 Å². The Bertz CT molecular complexity index is 772. The van der Waals surface area contributed by atoms with Crippen molar-refractivity contribution in [1.29, 1.82) is 0 Å². The van der Waals surface area contributed by atoms with E-state index < -0.39 is 16.0 Å². The Morgan fingerprint density at radius 2 is 1.88 bits per heavy atom. The monoisotopic (exact) mass is 369 g/mol. The lowest BCUT2D eigenvalue weighted by Crippen LogP contribution is -2.33. The van der Waals surface area contributed by atoms with Gasteiger partial charge in [-0.15, -0.1) is 11.3 Å². The number of nitrogens with zero attached hydrogens (tertiary/aromatic N) is 1. The first-order valence-electron chi connectivity index (χ1n) is 7.37. The second-order valence-electron chi connectivity index (χ2n) is 4.96. The molecule has 0 amide bonds. The van der Waals surface area contributed by atoms with E-state index in [1.54, 1.807) is 35.7 Å². The smallest absolute Gasteiger partial charge is 0.326 e. The molecule has 0 spiro atoms. The average molecular weight is 369 g/mol. The lowest BCUT2D eigenvalue weighted by molar-refractivity contribution is -0.134. The first kappa shape index (κ1) is 18.4. The highest BCUT2D eigenvalue weighted by Gasteiger charge is 2.25. The second-order valence-corrected chi connectivity index (χ2v) is 8.18. The molecule has 0 fully saturated rings. The van der Waals surface area contributed by atoms with E-state index in [0.29, 0.717) is 12.4 Å². The lowest BCUT2D eigenvalue weighted by Gasteiger charge is -2.16. The van der Waals surface area contributed by atoms with Crippen molar-refractivity contribution < 1.29 is 22.7 Å². The molecular formula is C16H19NO5S2. The minimum atomic E-state index is -3.69. The van der Waals surface area contributed by atoms with Crippen LogP contribution in [0.15, 0.2) is 46.0 Å². The molecule has 1 heterocycles. The fraction of sp³-hybridized carbons (Fsp3) is 0.312. The number of rotatable bonds is 8. The van der Waals surface area contributed by atoms with Crippen molar-refractivity contribution in [2.45, 2.75) is 17.6 Å². The molecule has 0 saturated carbocycles. The molecule has 6 nitrogen and oxygen atoms in total. The molecule has 2 rings (SSSR count). The van der Waals surface area contributed by atoms with Gasteiger partial charge in [0.15, 0.2) is 11.5 Å². The summed E-state index contributed by atoms with van der Waals surface area (Å²) in [7, 11) is -2.34. The van der Waals surface area contributed by atoms with Gasteiger partial charge < -0.3 is 9.47 Å². The van der Waals surface area contributed by atoms with Crippen LogP contribution in [0.1, 0.15) is 13.3 Å². The molecule has 0 atom stereocenters. The normalized spacial score (nSPS) is 11.5. The van der Waals surface area contributed by atoms with E-state index in [1.165, 1.54) is 13.1 Å². The van der Waals surface area contributed by atoms with Crippen LogP contribution < -0.4 is 9.47 Å². The Hall–Kier alpha value is -1.90. The highest BCUT2D eigenvalue weighted by molar-refractivity contribution is 7.91. The largest absolute Gasteiger partial charge is 0.490 e. The van der Waals surface area contributed by atoms with E-state index >= 15 is 0 Å². The van der Waals surface area contributed by atoms with Crippen molar-refractivity contribution in [3.05, 3.63) is 41.8 Å². The molecule has 0 aliphatic heterocycles. The predicted molar refractivity (Wildman–Crippen MR) is 92.0 cm³/mol. The summed E-state index contributed by atoms with van der Waals surface area (Å²) in [5.41, 5.74) is 0. The summed E-state index contributed by atoms with van der Waals surface area (Å²) in [6.45, 7) is 2.09. The molecule has 24 heavy (non-hydrogen) atoms. The van der Waals surface area contributed by atoms with E-state index in [1.807, 2.05) is 6.92 Å². The molecule has 2 aromatic rings. The van der Waals surface area contributed by atoms with Gasteiger partial charge in [0.1, 0.15) is 10.8 Å². The zero-order chi connectivity index (χ0) is 17.6. The van der Waals surface area contributed by atoms with Gasteiger partial charge in [-0.3, -0.25) is 4.79 Å². The van der Waals surface area contributed by atoms with E-state index in [0.717, 1.165) is 22.1 Å². The Kier molecular flexibility index (Phi) is 6.36. The van der Waals surface area contributed by atoms with Gasteiger partial charge >= 0.3 is 5.97 Å². The Morgan fingerprint density at radius 3 is 2.50 bits per heavy atom. The van der Waals surface area contributed by atoms with Crippen LogP contribution in [-0.4, -0.2) is 38.9 Å². The van der Waals surface area contributed by atoms with Crippen LogP contribution in [0, 0.1) is 0 Å². The Labute approximate surface area is 145 Å². The average Bonchev–Trinajstić information content (AvgIpc) is 3.09. The molecule has 1 aromatic carbocycles. The van der Waals surface area contributed by atoms with Crippen LogP contribution in [0.4, 0.5) is 0 Å². The number of carbonyl (C=O) groups is 1. The zero-order valence-corrected chi connectivity index (χ0v) is 15.1. The summed E-state index contributed by atoms with van der Waals surface area (Å²) in [4.78, 5) is 12.1. The molecule has 0 aliphatic carbocycles. The maximum atomic E-state index is 12.3. The van der Waals surface area contributed by atoms with E-state index in [2.05, 4.69) is 0 Å². The van der Waals surface area contributed by atoms with Gasteiger partial charge in [-0.1, -0.05) is 25.1 Å². The number of hydrogen-bond acceptors (Lipinski definition) is 6. The predicted octanol–water partition coefficient (Wildman–Crippen LogP) is 2.76. The van der Waals surface area contributed by atoms with Gasteiger partial charge in [0.25, 0.3) is 10.0 Å². The van der Waals surface area contributed by atoms with Gasteiger partial charge in [0, 0.05) is 7.05 Å². The minimum absolute atomic E-state index is 0.185. The molecule has 0 aliphatic rings. The van der Waals surface area contributed by atoms with Crippen molar-refractivity contribution in [2.75, 3.05) is 20.2 Å². The fourth-order valence-corrected chi connectivity index (χ4v) is 4.17. The number of thiophene rings is 1. The fourth-order valence-electron chi connectivity index (χ4n) is 1.85. The summed E-state index contributed by atoms with van der Waals surface area (Å²) in [6.07, 6.45) is 0.823. The van der Waals surface area contributed by atoms with Gasteiger partial charge in [0.05, 0.1) is 6.61 Å². The summed E-state index contributed by atoms with van der Waals surface area (Å²) in [6, 6.07) is 9.94. The zero-order valence-electron chi connectivity index (χ0n) is 13.5. The molecule has 0 unspecified atom stereocenters. The van der Waals surface area contributed by atoms with Gasteiger partial charge in [-0.2, -0.15) is 4.31 Å². The SMILES string of the molecule is CCCOc1ccccc1OC(=O)CN(C)S(=O)(=O)c1cccs1. The van der Waals surface area contributed by atoms with Crippen molar-refractivity contribution in [3.8, 4) is 11.5 Å². The molecule has 0 radical (unpaired) electrons. The quantitative estimate of drug-likeness (QED) is 0.528. The van der Waals surface area contributed by atoms with Crippen LogP contribution in [0.2, 0.25) is 0 Å². The number of ether oxygens (including phenoxy) is 2. The third kappa shape index (κ3) is 4.56. The van der Waals surface area contributed by atoms with Crippen LogP contribution in [0.3, 0.4) is 0 Å². The number of para-hydroxylation sites is 2. The van der Waals surface area contributed by atoms with Crippen LogP contribution in [0.5, 0.6) is 11.5 Å². The van der Waals surface area contributed by atoms with Crippen LogP contribution in [-0.2, 0) is 14.8 Å². The van der Waals surface area contributed by atoms with E-state index in [4.69, 9.17) is 9.47 Å². The molecule has 8 heteroatoms. The maximum absolute atomic E-state index is 12.3. The lowest BCUT2D eigenvalue weighted by atomic mass is 10.3. The van der Waals surface area contributed by atoms with Crippen molar-refractivity contribution in [3.63, 3.8) is 0 Å². The third-order valence-electron chi connectivity index (χ3n) is 3.05. The van der Waals surface area contributed by atoms with Crippen LogP contribution >= 0.6 is 11.3 Å². The first-order chi connectivity index (χ1) is 11.4. The molecule has 0 bridgehead atoms. The summed E-state index contributed by atoms with van der Waals surface area (Å²) < 4.78 is 36.5. The number of esters is 1. The number of likely N-dealkylation sites (N-methyl/N-ethyl adjacent to an activating group) is 1. The standard InChI is InChI=1S/C16H19NO5S2/c1-3-10-21-13-7-4-5-8-14(13)22-15(18)12-17(2)24(19,20)16-9-6-11-23-16/h4-9,11H,3,10,12H2,1-2H3. The Morgan fingerprint density at radius 1 is 1.17 bits per heavy atom. The van der Waals surface area contributed by atoms with Gasteiger partial charge in [-0.05, 0) is 30.0 Å². The summed E-state index contributed by atoms with van der Waals surface area (Å²) in [5, 5.41) is 1.67.